The van der Waals surface area contributed by atoms with Gasteiger partial charge in [0.1, 0.15) is 11.5 Å². The number of aromatic nitrogens is 1. The van der Waals surface area contributed by atoms with Crippen molar-refractivity contribution in [2.24, 2.45) is 5.92 Å². The van der Waals surface area contributed by atoms with Gasteiger partial charge in [0.15, 0.2) is 0 Å². The third-order valence-electron chi connectivity index (χ3n) is 10.3. The summed E-state index contributed by atoms with van der Waals surface area (Å²) in [4.78, 5) is 43.6. The topological polar surface area (TPSA) is 144 Å². The molecule has 0 spiro atoms. The van der Waals surface area contributed by atoms with Gasteiger partial charge in [-0.25, -0.2) is 0 Å². The molecule has 0 aliphatic carbocycles. The number of pyridine rings is 1. The van der Waals surface area contributed by atoms with Gasteiger partial charge in [-0.1, -0.05) is 61.5 Å². The Kier molecular flexibility index (Phi) is 11.0. The molecule has 1 aromatic heterocycles. The van der Waals surface area contributed by atoms with Crippen LogP contribution < -0.4 is 25.8 Å². The van der Waals surface area contributed by atoms with Crippen LogP contribution in [0.4, 0.5) is 11.4 Å². The van der Waals surface area contributed by atoms with Crippen LogP contribution in [0, 0.1) is 5.92 Å². The number of aromatic hydroxyl groups is 1. The fourth-order valence-electron chi connectivity index (χ4n) is 6.81. The maximum absolute atomic E-state index is 14.1. The molecule has 2 atom stereocenters. The maximum Gasteiger partial charge on any atom is 0.359 e. The molecule has 1 aliphatic rings. The first-order chi connectivity index (χ1) is 25.4. The summed E-state index contributed by atoms with van der Waals surface area (Å²) in [5.41, 5.74) is 5.09. The largest absolute Gasteiger partial charge is 0.506 e. The van der Waals surface area contributed by atoms with Gasteiger partial charge in [-0.3, -0.25) is 18.9 Å². The summed E-state index contributed by atoms with van der Waals surface area (Å²) in [6.45, 7) is 4.18. The Labute approximate surface area is 309 Å². The van der Waals surface area contributed by atoms with Gasteiger partial charge in [0.25, 0.3) is 0 Å². The minimum Gasteiger partial charge on any atom is -0.506 e. The zero-order valence-corrected chi connectivity index (χ0v) is 30.7. The van der Waals surface area contributed by atoms with Crippen molar-refractivity contribution in [1.82, 2.24) is 10.3 Å². The summed E-state index contributed by atoms with van der Waals surface area (Å²) in [5, 5.41) is 29.4. The smallest absolute Gasteiger partial charge is 0.359 e. The fourth-order valence-corrected chi connectivity index (χ4v) is 6.81. The second-order valence-corrected chi connectivity index (χ2v) is 14.3. The van der Waals surface area contributed by atoms with E-state index in [9.17, 15) is 24.6 Å². The number of H-pyrrole nitrogens is 1. The molecule has 2 amide bonds. The summed E-state index contributed by atoms with van der Waals surface area (Å²) in [5.74, 6) is -2.52. The number of hydrogen-bond acceptors (Lipinski definition) is 7. The minimum atomic E-state index is -1.80. The van der Waals surface area contributed by atoms with Crippen LogP contribution in [0.25, 0.3) is 22.0 Å². The third kappa shape index (κ3) is 8.28. The van der Waals surface area contributed by atoms with Crippen molar-refractivity contribution in [2.75, 3.05) is 44.4 Å². The number of aryl methyl sites for hydroxylation is 1. The fraction of sp³-hybridized carbons (Fsp3) is 0.310. The molecule has 5 aromatic rings. The number of ether oxygens (including phenoxy) is 1. The monoisotopic (exact) mass is 718 g/mol. The lowest BCUT2D eigenvalue weighted by Crippen LogP contribution is -2.67. The summed E-state index contributed by atoms with van der Waals surface area (Å²) in [6, 6.07) is 29.4. The van der Waals surface area contributed by atoms with Crippen LogP contribution >= 0.6 is 0 Å². The number of fused-ring (bicyclic) bond motifs is 1. The van der Waals surface area contributed by atoms with Gasteiger partial charge in [-0.15, -0.1) is 0 Å². The Balaban J connectivity index is 1.20. The van der Waals surface area contributed by atoms with E-state index < -0.39 is 11.8 Å². The lowest BCUT2D eigenvalue weighted by Gasteiger charge is -2.48. The third-order valence-corrected chi connectivity index (χ3v) is 10.3. The predicted molar refractivity (Wildman–Crippen MR) is 208 cm³/mol. The van der Waals surface area contributed by atoms with Crippen molar-refractivity contribution < 1.29 is 29.0 Å². The number of quaternary nitrogens is 1. The molecule has 4 aromatic carbocycles. The molecule has 0 radical (unpaired) electrons. The van der Waals surface area contributed by atoms with E-state index in [1.807, 2.05) is 86.9 Å². The molecule has 1 unspecified atom stereocenters. The first-order valence-electron chi connectivity index (χ1n) is 18.0. The van der Waals surface area contributed by atoms with Crippen LogP contribution in [0.3, 0.4) is 0 Å². The van der Waals surface area contributed by atoms with E-state index in [0.29, 0.717) is 30.5 Å². The van der Waals surface area contributed by atoms with Crippen molar-refractivity contribution >= 4 is 34.1 Å². The summed E-state index contributed by atoms with van der Waals surface area (Å²) in [7, 11) is 5.47. The van der Waals surface area contributed by atoms with Crippen LogP contribution in [0.2, 0.25) is 0 Å². The second kappa shape index (κ2) is 15.6. The molecule has 2 heterocycles. The average molecular weight is 719 g/mol. The van der Waals surface area contributed by atoms with Gasteiger partial charge >= 0.3 is 5.91 Å². The molecule has 0 bridgehead atoms. The lowest BCUT2D eigenvalue weighted by atomic mass is 9.90. The van der Waals surface area contributed by atoms with Gasteiger partial charge in [-0.05, 0) is 66.1 Å². The number of phenols is 1. The summed E-state index contributed by atoms with van der Waals surface area (Å²) in [6.07, 6.45) is 1.27. The van der Waals surface area contributed by atoms with E-state index in [1.54, 1.807) is 18.0 Å². The number of aromatic amines is 1. The molecule has 1 aliphatic heterocycles. The molecule has 11 heteroatoms. The van der Waals surface area contributed by atoms with Crippen LogP contribution in [0.5, 0.6) is 11.5 Å². The predicted octanol–water partition coefficient (Wildman–Crippen LogP) is 5.76. The van der Waals surface area contributed by atoms with E-state index in [4.69, 9.17) is 4.74 Å². The Hall–Kier alpha value is -5.49. The number of benzene rings is 4. The van der Waals surface area contributed by atoms with Crippen LogP contribution in [0.15, 0.2) is 102 Å². The van der Waals surface area contributed by atoms with E-state index in [-0.39, 0.29) is 51.7 Å². The Morgan fingerprint density at radius 1 is 0.981 bits per heavy atom. The minimum absolute atomic E-state index is 0.00511. The number of carbonyl (C=O) groups excluding carboxylic acids is 2. The van der Waals surface area contributed by atoms with Crippen molar-refractivity contribution in [2.45, 2.75) is 45.1 Å². The Bertz CT molecular complexity index is 2150. The number of hydrogen-bond donors (Lipinski definition) is 5. The number of anilines is 2. The van der Waals surface area contributed by atoms with Gasteiger partial charge in [0, 0.05) is 54.8 Å². The average Bonchev–Trinajstić information content (AvgIpc) is 3.15. The van der Waals surface area contributed by atoms with Crippen LogP contribution in [0.1, 0.15) is 37.3 Å². The number of likely N-dealkylation sites (tertiary alicyclic amines) is 1. The van der Waals surface area contributed by atoms with Gasteiger partial charge in [0.05, 0.1) is 38.5 Å². The number of carbonyl (C=O) groups is 2. The SMILES string of the molecule is CCNCc1ccc(N(C)C(=O)CCc2ccc(-c3ccccc3)c(NC(=O)C3CC[N+](C)(C)[C@](O)(Oc4ccc(O)c5[nH]c(=O)ccc45)C3)c2)cc1. The van der Waals surface area contributed by atoms with E-state index in [0.717, 1.165) is 41.0 Å². The first-order valence-corrected chi connectivity index (χ1v) is 18.0. The highest BCUT2D eigenvalue weighted by Gasteiger charge is 2.54. The summed E-state index contributed by atoms with van der Waals surface area (Å²) < 4.78 is 6.38. The summed E-state index contributed by atoms with van der Waals surface area (Å²) >= 11 is 0. The molecule has 53 heavy (non-hydrogen) atoms. The Morgan fingerprint density at radius 3 is 2.45 bits per heavy atom. The quantitative estimate of drug-likeness (QED) is 0.0816. The van der Waals surface area contributed by atoms with Gasteiger partial charge in [-0.2, -0.15) is 0 Å². The molecule has 5 N–H and O–H groups in total. The molecule has 11 nitrogen and oxygen atoms in total. The van der Waals surface area contributed by atoms with Crippen molar-refractivity contribution in [3.8, 4) is 22.6 Å². The molecule has 1 saturated heterocycles. The van der Waals surface area contributed by atoms with Crippen molar-refractivity contribution in [3.05, 3.63) is 119 Å². The molecular weight excluding hydrogens is 670 g/mol. The second-order valence-electron chi connectivity index (χ2n) is 14.3. The number of phenolic OH excluding ortho intramolecular Hbond substituents is 1. The molecule has 276 valence electrons. The number of piperidine rings is 1. The first kappa shape index (κ1) is 37.3. The van der Waals surface area contributed by atoms with Gasteiger partial charge < -0.3 is 35.5 Å². The molecule has 1 fully saturated rings. The molecular formula is C42H48N5O6+. The highest BCUT2D eigenvalue weighted by Crippen LogP contribution is 2.40. The molecule has 6 rings (SSSR count). The van der Waals surface area contributed by atoms with Crippen molar-refractivity contribution in [1.29, 1.82) is 0 Å². The number of aliphatic hydroxyl groups is 1. The van der Waals surface area contributed by atoms with Crippen LogP contribution in [-0.2, 0) is 22.6 Å². The lowest BCUT2D eigenvalue weighted by molar-refractivity contribution is -0.996. The number of nitrogens with zero attached hydrogens (tertiary/aromatic N) is 2. The van der Waals surface area contributed by atoms with E-state index in [1.165, 1.54) is 18.2 Å². The zero-order chi connectivity index (χ0) is 37.8. The van der Waals surface area contributed by atoms with Crippen LogP contribution in [-0.4, -0.2) is 71.6 Å². The number of amides is 2. The Morgan fingerprint density at radius 2 is 1.72 bits per heavy atom. The highest BCUT2D eigenvalue weighted by atomic mass is 16.7. The van der Waals surface area contributed by atoms with Gasteiger partial charge in [0.2, 0.25) is 17.4 Å². The van der Waals surface area contributed by atoms with E-state index in [2.05, 4.69) is 22.5 Å². The van der Waals surface area contributed by atoms with Crippen molar-refractivity contribution in [3.63, 3.8) is 0 Å². The normalized spacial score (nSPS) is 18.0. The molecule has 0 saturated carbocycles. The number of nitrogens with one attached hydrogen (secondary N) is 3. The number of rotatable bonds is 12. The zero-order valence-electron chi connectivity index (χ0n) is 30.7. The van der Waals surface area contributed by atoms with E-state index >= 15 is 0 Å². The standard InChI is InChI=1S/C42H47N5O6/c1-5-43-27-29-11-15-32(16-12-29)46(2)39(50)22-14-28-13-17-33(30-9-7-6-8-10-30)35(25-28)44-41(51)31-23-24-47(3,4)42(52,26-31)53-37-20-19-36(48)40-34(37)18-21-38(49)45-40/h6-13,15-21,25,31,43,52H,5,14,22-24,26-27H2,1-4H3,(H2-,44,45,48,49,51)/p+1/t31?,42-/m1/s1. The highest BCUT2D eigenvalue weighted by molar-refractivity contribution is 5.97. The maximum atomic E-state index is 14.1.